The quantitative estimate of drug-likeness (QED) is 0.0391. The average molecular weight is 696 g/mol. The number of nitrogens with one attached hydrogen (secondary N) is 1. The van der Waals surface area contributed by atoms with Crippen LogP contribution in [0.3, 0.4) is 0 Å². The van der Waals surface area contributed by atoms with Crippen molar-refractivity contribution in [2.24, 2.45) is 0 Å². The molecule has 0 aromatic carbocycles. The number of amides is 1. The molecular weight excluding hydrogens is 622 g/mol. The lowest BCUT2D eigenvalue weighted by Crippen LogP contribution is -2.28. The molecule has 6 heteroatoms. The number of aliphatic carboxylic acids is 1. The van der Waals surface area contributed by atoms with Crippen LogP contribution >= 0.6 is 0 Å². The molecule has 0 aliphatic heterocycles. The molecule has 50 heavy (non-hydrogen) atoms. The summed E-state index contributed by atoms with van der Waals surface area (Å²) in [5.74, 6) is -1.39. The van der Waals surface area contributed by atoms with Crippen molar-refractivity contribution in [3.63, 3.8) is 0 Å². The van der Waals surface area contributed by atoms with E-state index in [2.05, 4.69) is 79.9 Å². The van der Waals surface area contributed by atoms with Crippen LogP contribution in [0.15, 0.2) is 72.9 Å². The monoisotopic (exact) mass is 696 g/mol. The van der Waals surface area contributed by atoms with Crippen LogP contribution in [0.5, 0.6) is 0 Å². The second-order valence-electron chi connectivity index (χ2n) is 13.2. The Balaban J connectivity index is 4.40. The summed E-state index contributed by atoms with van der Waals surface area (Å²) >= 11 is 0. The maximum atomic E-state index is 12.7. The highest BCUT2D eigenvalue weighted by Crippen LogP contribution is 2.17. The largest absolute Gasteiger partial charge is 0.480 e. The van der Waals surface area contributed by atoms with Gasteiger partial charge in [0.2, 0.25) is 5.91 Å². The molecule has 0 rings (SSSR count). The van der Waals surface area contributed by atoms with Gasteiger partial charge in [-0.05, 0) is 83.5 Å². The summed E-state index contributed by atoms with van der Waals surface area (Å²) in [4.78, 5) is 34.9. The van der Waals surface area contributed by atoms with E-state index in [1.165, 1.54) is 51.4 Å². The Morgan fingerprint density at radius 1 is 0.560 bits per heavy atom. The van der Waals surface area contributed by atoms with Crippen LogP contribution in [0.25, 0.3) is 0 Å². The minimum absolute atomic E-state index is 0.0619. The fraction of sp³-hybridized carbons (Fsp3) is 0.659. The number of hydrogen-bond acceptors (Lipinski definition) is 4. The fourth-order valence-electron chi connectivity index (χ4n) is 5.47. The first-order valence-corrected chi connectivity index (χ1v) is 20.1. The SMILES string of the molecule is CC/C=C\C/C=C\C/C=C\C/C=C\C/C=C\CC(=O)OC(CCC/C=C\CCCCCCCCCC)CCCCCCCC(=O)NCC(=O)O. The van der Waals surface area contributed by atoms with Crippen molar-refractivity contribution in [2.45, 2.75) is 180 Å². The Bertz CT molecular complexity index is 990. The van der Waals surface area contributed by atoms with Crippen LogP contribution in [0.1, 0.15) is 174 Å². The molecule has 0 bridgehead atoms. The molecule has 1 amide bonds. The molecule has 6 nitrogen and oxygen atoms in total. The molecule has 284 valence electrons. The van der Waals surface area contributed by atoms with Crippen LogP contribution in [0.2, 0.25) is 0 Å². The predicted molar refractivity (Wildman–Crippen MR) is 212 cm³/mol. The Labute approximate surface area is 306 Å². The summed E-state index contributed by atoms with van der Waals surface area (Å²) in [5.41, 5.74) is 0. The van der Waals surface area contributed by atoms with Crippen molar-refractivity contribution in [3.8, 4) is 0 Å². The molecule has 0 aromatic heterocycles. The highest BCUT2D eigenvalue weighted by atomic mass is 16.5. The van der Waals surface area contributed by atoms with Crippen molar-refractivity contribution >= 4 is 17.8 Å². The van der Waals surface area contributed by atoms with Gasteiger partial charge in [-0.2, -0.15) is 0 Å². The van der Waals surface area contributed by atoms with E-state index in [0.29, 0.717) is 12.8 Å². The molecule has 0 aromatic rings. The van der Waals surface area contributed by atoms with Gasteiger partial charge in [-0.15, -0.1) is 0 Å². The zero-order valence-corrected chi connectivity index (χ0v) is 32.0. The first kappa shape index (κ1) is 46.9. The number of ether oxygens (including phenoxy) is 1. The van der Waals surface area contributed by atoms with Crippen molar-refractivity contribution in [3.05, 3.63) is 72.9 Å². The standard InChI is InChI=1S/C44H73NO5/c1-3-5-7-9-11-13-15-17-18-20-22-24-26-31-35-39-44(49)50-41(37-33-29-27-30-34-38-42(46)45-40-43(47)48)36-32-28-25-23-21-19-16-14-12-10-8-6-4-2/h5,7,11,13,17-18,22-25,31,35,41H,3-4,6,8-10,12,14-16,19-21,26-30,32-34,36-40H2,1-2H3,(H,45,46)(H,47,48)/b7-5-,13-11-,18-17-,24-22-,25-23-,35-31-. The van der Waals surface area contributed by atoms with E-state index in [9.17, 15) is 14.4 Å². The first-order valence-electron chi connectivity index (χ1n) is 20.1. The molecule has 0 saturated carbocycles. The minimum Gasteiger partial charge on any atom is -0.480 e. The number of rotatable bonds is 35. The van der Waals surface area contributed by atoms with Crippen molar-refractivity contribution in [1.29, 1.82) is 0 Å². The molecule has 1 atom stereocenters. The maximum absolute atomic E-state index is 12.7. The first-order chi connectivity index (χ1) is 24.5. The summed E-state index contributed by atoms with van der Waals surface area (Å²) < 4.78 is 5.93. The Kier molecular flexibility index (Phi) is 36.2. The lowest BCUT2D eigenvalue weighted by Gasteiger charge is -2.17. The van der Waals surface area contributed by atoms with E-state index in [-0.39, 0.29) is 24.5 Å². The van der Waals surface area contributed by atoms with Crippen molar-refractivity contribution in [2.75, 3.05) is 6.54 Å². The van der Waals surface area contributed by atoms with Gasteiger partial charge in [0.15, 0.2) is 0 Å². The van der Waals surface area contributed by atoms with Crippen LogP contribution in [-0.2, 0) is 19.1 Å². The minimum atomic E-state index is -1.03. The predicted octanol–water partition coefficient (Wildman–Crippen LogP) is 12.2. The van der Waals surface area contributed by atoms with E-state index in [1.54, 1.807) is 0 Å². The summed E-state index contributed by atoms with van der Waals surface area (Å²) in [5, 5.41) is 11.1. The van der Waals surface area contributed by atoms with Gasteiger partial charge in [0, 0.05) is 6.42 Å². The number of esters is 1. The number of hydrogen-bond donors (Lipinski definition) is 2. The molecule has 2 N–H and O–H groups in total. The molecule has 0 saturated heterocycles. The van der Waals surface area contributed by atoms with Gasteiger partial charge in [-0.1, -0.05) is 151 Å². The maximum Gasteiger partial charge on any atom is 0.322 e. The van der Waals surface area contributed by atoms with Gasteiger partial charge in [-0.3, -0.25) is 14.4 Å². The van der Waals surface area contributed by atoms with Crippen LogP contribution in [0.4, 0.5) is 0 Å². The number of unbranched alkanes of at least 4 members (excludes halogenated alkanes) is 13. The van der Waals surface area contributed by atoms with E-state index < -0.39 is 5.97 Å². The van der Waals surface area contributed by atoms with Crippen molar-refractivity contribution in [1.82, 2.24) is 5.32 Å². The summed E-state index contributed by atoms with van der Waals surface area (Å²) in [7, 11) is 0. The Morgan fingerprint density at radius 3 is 1.62 bits per heavy atom. The van der Waals surface area contributed by atoms with Crippen LogP contribution in [-0.4, -0.2) is 35.6 Å². The number of carboxylic acid groups (broad SMARTS) is 1. The smallest absolute Gasteiger partial charge is 0.322 e. The third kappa shape index (κ3) is 37.7. The Hall–Kier alpha value is -3.15. The Morgan fingerprint density at radius 2 is 1.04 bits per heavy atom. The third-order valence-electron chi connectivity index (χ3n) is 8.39. The lowest BCUT2D eigenvalue weighted by molar-refractivity contribution is -0.148. The second-order valence-corrected chi connectivity index (χ2v) is 13.2. The van der Waals surface area contributed by atoms with Crippen molar-refractivity contribution < 1.29 is 24.2 Å². The summed E-state index contributed by atoms with van der Waals surface area (Å²) in [6.07, 6.45) is 51.7. The van der Waals surface area contributed by atoms with E-state index in [4.69, 9.17) is 9.84 Å². The van der Waals surface area contributed by atoms with E-state index in [0.717, 1.165) is 96.3 Å². The number of allylic oxidation sites excluding steroid dienone is 11. The highest BCUT2D eigenvalue weighted by Gasteiger charge is 2.13. The van der Waals surface area contributed by atoms with Crippen LogP contribution in [0, 0.1) is 0 Å². The topological polar surface area (TPSA) is 92.7 Å². The average Bonchev–Trinajstić information content (AvgIpc) is 3.10. The zero-order valence-electron chi connectivity index (χ0n) is 32.0. The molecule has 0 spiro atoms. The molecule has 0 heterocycles. The molecule has 0 aliphatic rings. The highest BCUT2D eigenvalue weighted by molar-refractivity contribution is 5.80. The van der Waals surface area contributed by atoms with Gasteiger partial charge < -0.3 is 15.2 Å². The van der Waals surface area contributed by atoms with Gasteiger partial charge >= 0.3 is 11.9 Å². The van der Waals surface area contributed by atoms with E-state index in [1.807, 2.05) is 12.2 Å². The normalized spacial score (nSPS) is 12.8. The molecule has 1 unspecified atom stereocenters. The van der Waals surface area contributed by atoms with Gasteiger partial charge in [0.05, 0.1) is 6.42 Å². The number of carbonyl (C=O) groups excluding carboxylic acids is 2. The molecule has 0 radical (unpaired) electrons. The van der Waals surface area contributed by atoms with E-state index >= 15 is 0 Å². The fourth-order valence-corrected chi connectivity index (χ4v) is 5.47. The number of carbonyl (C=O) groups is 3. The summed E-state index contributed by atoms with van der Waals surface area (Å²) in [6.45, 7) is 4.08. The lowest BCUT2D eigenvalue weighted by atomic mass is 10.0. The zero-order chi connectivity index (χ0) is 36.6. The van der Waals surface area contributed by atoms with Gasteiger partial charge in [0.25, 0.3) is 0 Å². The third-order valence-corrected chi connectivity index (χ3v) is 8.39. The van der Waals surface area contributed by atoms with Crippen LogP contribution < -0.4 is 5.32 Å². The second kappa shape index (κ2) is 38.6. The van der Waals surface area contributed by atoms with Gasteiger partial charge in [0.1, 0.15) is 12.6 Å². The molecular formula is C44H73NO5. The molecule has 0 fully saturated rings. The summed E-state index contributed by atoms with van der Waals surface area (Å²) in [6, 6.07) is 0. The van der Waals surface area contributed by atoms with Gasteiger partial charge in [-0.25, -0.2) is 0 Å². The molecule has 0 aliphatic carbocycles. The number of carboxylic acids is 1.